The van der Waals surface area contributed by atoms with E-state index in [4.69, 9.17) is 0 Å². The van der Waals surface area contributed by atoms with Crippen molar-refractivity contribution in [1.82, 2.24) is 0 Å². The number of anilines is 1. The first-order valence-electron chi connectivity index (χ1n) is 10.1. The molecule has 156 valence electrons. The van der Waals surface area contributed by atoms with Crippen LogP contribution in [0.15, 0.2) is 76.6 Å². The lowest BCUT2D eigenvalue weighted by Gasteiger charge is -2.18. The van der Waals surface area contributed by atoms with E-state index in [2.05, 4.69) is 31.0 Å². The zero-order chi connectivity index (χ0) is 22.0. The first-order valence-corrected chi connectivity index (χ1v) is 11.0. The molecule has 0 bridgehead atoms. The number of hydrogen-bond donors (Lipinski definition) is 0. The van der Waals surface area contributed by atoms with Gasteiger partial charge in [0.05, 0.1) is 10.6 Å². The van der Waals surface area contributed by atoms with Crippen molar-refractivity contribution >= 4 is 46.2 Å². The Balaban J connectivity index is 1.72. The lowest BCUT2D eigenvalue weighted by Crippen LogP contribution is -2.34. The molecule has 1 amide bonds. The van der Waals surface area contributed by atoms with Crippen molar-refractivity contribution in [2.45, 2.75) is 32.2 Å². The summed E-state index contributed by atoms with van der Waals surface area (Å²) in [5.41, 5.74) is 2.77. The molecule has 6 heteroatoms. The number of amides is 1. The Hall–Kier alpha value is -3.25. The van der Waals surface area contributed by atoms with E-state index in [1.54, 1.807) is 18.2 Å². The van der Waals surface area contributed by atoms with E-state index in [-0.39, 0.29) is 23.9 Å². The number of aliphatic imine (C=N–C) groups is 1. The lowest BCUT2D eigenvalue weighted by molar-refractivity contribution is -0.126. The molecule has 0 aromatic heterocycles. The number of nitrogens with zero attached hydrogens (tertiary/aromatic N) is 2. The molecular formula is C25H22N2O3S. The van der Waals surface area contributed by atoms with Gasteiger partial charge in [-0.3, -0.25) is 19.3 Å². The van der Waals surface area contributed by atoms with Crippen LogP contribution in [0.2, 0.25) is 0 Å². The van der Waals surface area contributed by atoms with Gasteiger partial charge in [-0.2, -0.15) is 0 Å². The van der Waals surface area contributed by atoms with Crippen LogP contribution in [0.5, 0.6) is 0 Å². The molecule has 0 unspecified atom stereocenters. The number of rotatable bonds is 4. The second kappa shape index (κ2) is 8.86. The molecule has 2 aliphatic rings. The van der Waals surface area contributed by atoms with E-state index in [1.165, 1.54) is 28.3 Å². The van der Waals surface area contributed by atoms with E-state index < -0.39 is 6.04 Å². The Labute approximate surface area is 185 Å². The molecule has 1 fully saturated rings. The minimum Gasteiger partial charge on any atom is -0.296 e. The molecule has 2 aromatic rings. The predicted octanol–water partition coefficient (Wildman–Crippen LogP) is 4.75. The van der Waals surface area contributed by atoms with Gasteiger partial charge >= 0.3 is 0 Å². The summed E-state index contributed by atoms with van der Waals surface area (Å²) in [6.07, 6.45) is 4.93. The van der Waals surface area contributed by atoms with Crippen molar-refractivity contribution in [3.05, 3.63) is 82.8 Å². The summed E-state index contributed by atoms with van der Waals surface area (Å²) in [6, 6.07) is 16.1. The third-order valence-electron chi connectivity index (χ3n) is 5.14. The fourth-order valence-electron chi connectivity index (χ4n) is 3.39. The Kier molecular flexibility index (Phi) is 6.00. The van der Waals surface area contributed by atoms with Gasteiger partial charge in [-0.25, -0.2) is 4.99 Å². The van der Waals surface area contributed by atoms with Gasteiger partial charge in [-0.15, -0.1) is 0 Å². The molecule has 2 aromatic carbocycles. The van der Waals surface area contributed by atoms with Crippen molar-refractivity contribution in [3.63, 3.8) is 0 Å². The van der Waals surface area contributed by atoms with Crippen molar-refractivity contribution in [2.24, 2.45) is 4.99 Å². The second-order valence-electron chi connectivity index (χ2n) is 7.70. The van der Waals surface area contributed by atoms with Crippen LogP contribution >= 0.6 is 11.8 Å². The van der Waals surface area contributed by atoms with E-state index in [1.807, 2.05) is 36.4 Å². The van der Waals surface area contributed by atoms with Crippen LogP contribution in [0.4, 0.5) is 5.69 Å². The number of para-hydroxylation sites is 1. The van der Waals surface area contributed by atoms with Gasteiger partial charge < -0.3 is 0 Å². The van der Waals surface area contributed by atoms with Crippen LogP contribution in [-0.4, -0.2) is 28.7 Å². The molecule has 0 radical (unpaired) electrons. The van der Waals surface area contributed by atoms with Gasteiger partial charge in [0.15, 0.2) is 22.8 Å². The third kappa shape index (κ3) is 4.44. The van der Waals surface area contributed by atoms with Crippen molar-refractivity contribution in [3.8, 4) is 0 Å². The monoisotopic (exact) mass is 430 g/mol. The number of hydrogen-bond acceptors (Lipinski definition) is 5. The summed E-state index contributed by atoms with van der Waals surface area (Å²) in [5.74, 6) is -0.417. The Morgan fingerprint density at radius 3 is 2.39 bits per heavy atom. The fourth-order valence-corrected chi connectivity index (χ4v) is 4.40. The van der Waals surface area contributed by atoms with E-state index in [9.17, 15) is 14.4 Å². The number of carbonyl (C=O) groups is 3. The summed E-state index contributed by atoms with van der Waals surface area (Å²) >= 11 is 1.18. The molecule has 1 heterocycles. The topological polar surface area (TPSA) is 66.8 Å². The Morgan fingerprint density at radius 2 is 1.74 bits per heavy atom. The van der Waals surface area contributed by atoms with Crippen molar-refractivity contribution < 1.29 is 14.4 Å². The zero-order valence-corrected chi connectivity index (χ0v) is 18.1. The van der Waals surface area contributed by atoms with Crippen molar-refractivity contribution in [1.29, 1.82) is 0 Å². The van der Waals surface area contributed by atoms with Crippen LogP contribution in [-0.2, 0) is 14.4 Å². The lowest BCUT2D eigenvalue weighted by atomic mass is 10.00. The van der Waals surface area contributed by atoms with E-state index in [0.29, 0.717) is 21.7 Å². The average Bonchev–Trinajstić information content (AvgIpc) is 3.06. The molecule has 0 N–H and O–H groups in total. The zero-order valence-electron chi connectivity index (χ0n) is 17.3. The highest BCUT2D eigenvalue weighted by Gasteiger charge is 2.37. The maximum atomic E-state index is 13.3. The SMILES string of the molecule is CC(C)c1ccc(/C=C2/SC(=N[C@@H]3C(=O)C=CCC3=O)N(c3ccccc3)C2=O)cc1. The van der Waals surface area contributed by atoms with Crippen LogP contribution < -0.4 is 4.90 Å². The summed E-state index contributed by atoms with van der Waals surface area (Å²) in [4.78, 5) is 44.2. The molecule has 1 atom stereocenters. The molecule has 31 heavy (non-hydrogen) atoms. The van der Waals surface area contributed by atoms with Gasteiger partial charge in [0, 0.05) is 6.42 Å². The maximum Gasteiger partial charge on any atom is 0.271 e. The highest BCUT2D eigenvalue weighted by Crippen LogP contribution is 2.36. The van der Waals surface area contributed by atoms with Crippen molar-refractivity contribution in [2.75, 3.05) is 4.90 Å². The minimum absolute atomic E-state index is 0.169. The minimum atomic E-state index is -1.10. The Morgan fingerprint density at radius 1 is 1.03 bits per heavy atom. The highest BCUT2D eigenvalue weighted by atomic mass is 32.2. The first kappa shape index (κ1) is 21.0. The normalized spacial score (nSPS) is 21.7. The smallest absolute Gasteiger partial charge is 0.271 e. The Bertz CT molecular complexity index is 1120. The predicted molar refractivity (Wildman–Crippen MR) is 125 cm³/mol. The maximum absolute atomic E-state index is 13.3. The molecule has 1 aliphatic heterocycles. The number of carbonyl (C=O) groups excluding carboxylic acids is 3. The van der Waals surface area contributed by atoms with E-state index in [0.717, 1.165) is 5.56 Å². The van der Waals surface area contributed by atoms with Crippen LogP contribution in [0, 0.1) is 0 Å². The first-order chi connectivity index (χ1) is 14.9. The summed E-state index contributed by atoms with van der Waals surface area (Å²) in [5, 5.41) is 0.336. The molecule has 1 aliphatic carbocycles. The molecule has 0 saturated carbocycles. The standard InChI is InChI=1S/C25H22N2O3S/c1-16(2)18-13-11-17(12-14-18)15-22-24(30)27(19-7-4-3-5-8-19)25(31-22)26-23-20(28)9-6-10-21(23)29/h3-9,11-16,23H,10H2,1-2H3/b22-15+,26-25?/t23-/m1/s1. The van der Waals surface area contributed by atoms with Crippen LogP contribution in [0.3, 0.4) is 0 Å². The summed E-state index contributed by atoms with van der Waals surface area (Å²) in [7, 11) is 0. The number of ketones is 2. The quantitative estimate of drug-likeness (QED) is 0.518. The van der Waals surface area contributed by atoms with Gasteiger partial charge in [0.25, 0.3) is 5.91 Å². The number of amidine groups is 1. The number of allylic oxidation sites excluding steroid dienone is 1. The van der Waals surface area contributed by atoms with Crippen LogP contribution in [0.25, 0.3) is 6.08 Å². The van der Waals surface area contributed by atoms with Gasteiger partial charge in [-0.1, -0.05) is 62.4 Å². The highest BCUT2D eigenvalue weighted by molar-refractivity contribution is 8.19. The molecule has 5 nitrogen and oxygen atoms in total. The number of thioether (sulfide) groups is 1. The van der Waals surface area contributed by atoms with Gasteiger partial charge in [-0.05, 0) is 53.1 Å². The summed E-state index contributed by atoms with van der Waals surface area (Å²) in [6.45, 7) is 4.26. The number of benzene rings is 2. The van der Waals surface area contributed by atoms with Gasteiger partial charge in [0.2, 0.25) is 0 Å². The third-order valence-corrected chi connectivity index (χ3v) is 6.12. The molecular weight excluding hydrogens is 408 g/mol. The number of Topliss-reactive ketones (excluding diaryl/α,β-unsaturated/α-hetero) is 1. The average molecular weight is 431 g/mol. The summed E-state index contributed by atoms with van der Waals surface area (Å²) < 4.78 is 0. The largest absolute Gasteiger partial charge is 0.296 e. The van der Waals surface area contributed by atoms with E-state index >= 15 is 0 Å². The molecule has 0 spiro atoms. The van der Waals surface area contributed by atoms with Crippen LogP contribution in [0.1, 0.15) is 37.3 Å². The van der Waals surface area contributed by atoms with Gasteiger partial charge in [0.1, 0.15) is 0 Å². The molecule has 4 rings (SSSR count). The second-order valence-corrected chi connectivity index (χ2v) is 8.71. The fraction of sp³-hybridized carbons (Fsp3) is 0.200. The molecule has 1 saturated heterocycles.